The number of rotatable bonds is 8. The van der Waals surface area contributed by atoms with Crippen molar-refractivity contribution < 1.29 is 9.47 Å². The van der Waals surface area contributed by atoms with Crippen LogP contribution < -0.4 is 20.3 Å². The number of thiazole rings is 1. The number of ether oxygens (including phenoxy) is 2. The number of anilines is 3. The van der Waals surface area contributed by atoms with Crippen molar-refractivity contribution in [1.82, 2.24) is 20.3 Å². The SMILES string of the molecule is O=NCc1cc(Nc2ncc3cc(-c4nccs4)cc(OC4CCNCC4)c3n2)cc(N2CCOCC2)c1. The van der Waals surface area contributed by atoms with Crippen molar-refractivity contribution >= 4 is 39.6 Å². The van der Waals surface area contributed by atoms with Crippen LogP contribution >= 0.6 is 11.3 Å². The van der Waals surface area contributed by atoms with Gasteiger partial charge in [-0.3, -0.25) is 0 Å². The molecule has 11 heteroatoms. The maximum Gasteiger partial charge on any atom is 0.227 e. The zero-order valence-corrected chi connectivity index (χ0v) is 21.7. The number of piperidine rings is 1. The van der Waals surface area contributed by atoms with Crippen molar-refractivity contribution in [3.05, 3.63) is 58.6 Å². The van der Waals surface area contributed by atoms with Crippen molar-refractivity contribution in [3.63, 3.8) is 0 Å². The molecule has 4 aromatic rings. The van der Waals surface area contributed by atoms with E-state index in [1.807, 2.05) is 35.8 Å². The van der Waals surface area contributed by atoms with Crippen molar-refractivity contribution in [3.8, 4) is 16.3 Å². The van der Waals surface area contributed by atoms with E-state index in [0.29, 0.717) is 19.2 Å². The molecule has 196 valence electrons. The summed E-state index contributed by atoms with van der Waals surface area (Å²) in [5.41, 5.74) is 4.38. The molecule has 0 spiro atoms. The molecule has 38 heavy (non-hydrogen) atoms. The van der Waals surface area contributed by atoms with Crippen molar-refractivity contribution in [2.24, 2.45) is 5.18 Å². The Morgan fingerprint density at radius 2 is 2.00 bits per heavy atom. The van der Waals surface area contributed by atoms with Crippen LogP contribution in [0.4, 0.5) is 17.3 Å². The molecule has 4 heterocycles. The lowest BCUT2D eigenvalue weighted by Gasteiger charge is -2.29. The summed E-state index contributed by atoms with van der Waals surface area (Å²) in [6, 6.07) is 10.1. The number of benzene rings is 2. The molecule has 0 atom stereocenters. The first-order valence-corrected chi connectivity index (χ1v) is 13.7. The van der Waals surface area contributed by atoms with E-state index in [1.165, 1.54) is 0 Å². The van der Waals surface area contributed by atoms with E-state index in [0.717, 1.165) is 83.2 Å². The molecule has 2 saturated heterocycles. The van der Waals surface area contributed by atoms with Crippen LogP contribution in [0.15, 0.2) is 53.3 Å². The lowest BCUT2D eigenvalue weighted by atomic mass is 10.1. The topological polar surface area (TPSA) is 114 Å². The Kier molecular flexibility index (Phi) is 7.38. The first kappa shape index (κ1) is 24.7. The van der Waals surface area contributed by atoms with Gasteiger partial charge in [-0.1, -0.05) is 5.18 Å². The van der Waals surface area contributed by atoms with Crippen molar-refractivity contribution in [1.29, 1.82) is 0 Å². The summed E-state index contributed by atoms with van der Waals surface area (Å²) in [5, 5.41) is 13.6. The first-order valence-electron chi connectivity index (χ1n) is 12.9. The van der Waals surface area contributed by atoms with Gasteiger partial charge in [0.1, 0.15) is 28.9 Å². The minimum Gasteiger partial charge on any atom is -0.488 e. The Labute approximate surface area is 224 Å². The second-order valence-electron chi connectivity index (χ2n) is 9.41. The van der Waals surface area contributed by atoms with Crippen molar-refractivity contribution in [2.45, 2.75) is 25.5 Å². The first-order chi connectivity index (χ1) is 18.7. The summed E-state index contributed by atoms with van der Waals surface area (Å²) in [7, 11) is 0. The number of nitrogens with one attached hydrogen (secondary N) is 2. The van der Waals surface area contributed by atoms with Gasteiger partial charge < -0.3 is 25.0 Å². The molecule has 2 aliphatic rings. The second kappa shape index (κ2) is 11.4. The van der Waals surface area contributed by atoms with E-state index >= 15 is 0 Å². The van der Waals surface area contributed by atoms with Gasteiger partial charge in [-0.15, -0.1) is 11.3 Å². The third-order valence-electron chi connectivity index (χ3n) is 6.76. The number of hydrogen-bond donors (Lipinski definition) is 2. The maximum absolute atomic E-state index is 11.0. The lowest BCUT2D eigenvalue weighted by molar-refractivity contribution is 0.122. The highest BCUT2D eigenvalue weighted by atomic mass is 32.1. The fourth-order valence-electron chi connectivity index (χ4n) is 4.89. The molecule has 6 rings (SSSR count). The molecule has 2 fully saturated rings. The van der Waals surface area contributed by atoms with E-state index in [2.05, 4.69) is 36.7 Å². The Balaban J connectivity index is 1.35. The zero-order valence-electron chi connectivity index (χ0n) is 20.9. The van der Waals surface area contributed by atoms with Gasteiger partial charge >= 0.3 is 0 Å². The van der Waals surface area contributed by atoms with E-state index in [-0.39, 0.29) is 12.6 Å². The Hall–Kier alpha value is -3.67. The summed E-state index contributed by atoms with van der Waals surface area (Å²) in [6.45, 7) is 4.91. The molecular formula is C27H29N7O3S. The molecule has 0 bridgehead atoms. The zero-order chi connectivity index (χ0) is 25.7. The third-order valence-corrected chi connectivity index (χ3v) is 7.59. The highest BCUT2D eigenvalue weighted by molar-refractivity contribution is 7.13. The fourth-order valence-corrected chi connectivity index (χ4v) is 5.52. The van der Waals surface area contributed by atoms with Gasteiger partial charge in [0, 0.05) is 53.2 Å². The van der Waals surface area contributed by atoms with Crippen LogP contribution in [0.25, 0.3) is 21.5 Å². The van der Waals surface area contributed by atoms with Crippen LogP contribution in [-0.4, -0.2) is 60.4 Å². The highest BCUT2D eigenvalue weighted by Crippen LogP contribution is 2.34. The predicted molar refractivity (Wildman–Crippen MR) is 149 cm³/mol. The van der Waals surface area contributed by atoms with E-state index < -0.39 is 0 Å². The third kappa shape index (κ3) is 5.59. The predicted octanol–water partition coefficient (Wildman–Crippen LogP) is 4.73. The molecule has 2 aromatic carbocycles. The van der Waals surface area contributed by atoms with E-state index in [9.17, 15) is 4.91 Å². The number of morpholine rings is 1. The second-order valence-corrected chi connectivity index (χ2v) is 10.3. The van der Waals surface area contributed by atoms with Gasteiger partial charge in [-0.25, -0.2) is 15.0 Å². The minimum atomic E-state index is 0.0964. The molecule has 0 amide bonds. The maximum atomic E-state index is 11.0. The van der Waals surface area contributed by atoms with Crippen LogP contribution in [0, 0.1) is 4.91 Å². The largest absolute Gasteiger partial charge is 0.488 e. The molecule has 0 radical (unpaired) electrons. The summed E-state index contributed by atoms with van der Waals surface area (Å²) >= 11 is 1.59. The Bertz CT molecular complexity index is 1400. The minimum absolute atomic E-state index is 0.0964. The Morgan fingerprint density at radius 1 is 1.13 bits per heavy atom. The summed E-state index contributed by atoms with van der Waals surface area (Å²) < 4.78 is 12.0. The lowest BCUT2D eigenvalue weighted by Crippen LogP contribution is -2.36. The molecule has 0 aliphatic carbocycles. The summed E-state index contributed by atoms with van der Waals surface area (Å²) in [5.74, 6) is 1.19. The number of aromatic nitrogens is 3. The number of nitroso groups, excluding NO2 is 1. The quantitative estimate of drug-likeness (QED) is 0.311. The molecule has 2 N–H and O–H groups in total. The molecule has 10 nitrogen and oxygen atoms in total. The van der Waals surface area contributed by atoms with Crippen LogP contribution in [0.1, 0.15) is 18.4 Å². The van der Waals surface area contributed by atoms with Crippen LogP contribution in [0.3, 0.4) is 0 Å². The van der Waals surface area contributed by atoms with E-state index in [1.54, 1.807) is 17.5 Å². The average Bonchev–Trinajstić information content (AvgIpc) is 3.50. The smallest absolute Gasteiger partial charge is 0.227 e. The highest BCUT2D eigenvalue weighted by Gasteiger charge is 2.19. The van der Waals surface area contributed by atoms with Gasteiger partial charge in [0.15, 0.2) is 0 Å². The van der Waals surface area contributed by atoms with E-state index in [4.69, 9.17) is 14.5 Å². The normalized spacial score (nSPS) is 16.5. The number of hydrogen-bond acceptors (Lipinski definition) is 11. The fraction of sp³-hybridized carbons (Fsp3) is 0.370. The summed E-state index contributed by atoms with van der Waals surface area (Å²) in [6.07, 6.45) is 5.64. The van der Waals surface area contributed by atoms with Crippen LogP contribution in [-0.2, 0) is 11.3 Å². The van der Waals surface area contributed by atoms with Gasteiger partial charge in [0.05, 0.1) is 13.2 Å². The molecule has 0 unspecified atom stereocenters. The molecule has 2 aliphatic heterocycles. The van der Waals surface area contributed by atoms with Gasteiger partial charge in [-0.05, 0) is 61.8 Å². The van der Waals surface area contributed by atoms with Crippen LogP contribution in [0.5, 0.6) is 5.75 Å². The number of fused-ring (bicyclic) bond motifs is 1. The molecular weight excluding hydrogens is 502 g/mol. The Morgan fingerprint density at radius 3 is 2.79 bits per heavy atom. The average molecular weight is 532 g/mol. The summed E-state index contributed by atoms with van der Waals surface area (Å²) in [4.78, 5) is 27.3. The van der Waals surface area contributed by atoms with Crippen molar-refractivity contribution in [2.75, 3.05) is 49.6 Å². The van der Waals surface area contributed by atoms with Gasteiger partial charge in [0.2, 0.25) is 5.95 Å². The number of nitrogens with zero attached hydrogens (tertiary/aromatic N) is 5. The van der Waals surface area contributed by atoms with Crippen LogP contribution in [0.2, 0.25) is 0 Å². The molecule has 2 aromatic heterocycles. The van der Waals surface area contributed by atoms with Gasteiger partial charge in [0.25, 0.3) is 0 Å². The monoisotopic (exact) mass is 531 g/mol. The van der Waals surface area contributed by atoms with Gasteiger partial charge in [-0.2, -0.15) is 4.91 Å². The molecule has 0 saturated carbocycles. The standard InChI is InChI=1S/C27H29N7O3S/c35-31-16-18-11-21(15-22(12-18)34-6-8-36-9-7-34)32-27-30-17-20-13-19(26-29-5-10-38-26)14-24(25(20)33-27)37-23-1-3-28-4-2-23/h5,10-15,17,23,28H,1-4,6-9,16H2,(H,30,32,33).